The minimum atomic E-state index is -0.253. The first-order valence-corrected chi connectivity index (χ1v) is 10.5. The Morgan fingerprint density at radius 1 is 1.03 bits per heavy atom. The predicted molar refractivity (Wildman–Crippen MR) is 116 cm³/mol. The van der Waals surface area contributed by atoms with Gasteiger partial charge >= 0.3 is 0 Å². The molecule has 1 aliphatic carbocycles. The SMILES string of the molecule is Fc1ccc(N2C(=S)N[C@@H](c3ccccn3)[C@H]2c2ccn(C3CCCC3)c2)cc1. The van der Waals surface area contributed by atoms with Crippen molar-refractivity contribution in [2.75, 3.05) is 4.90 Å². The zero-order chi connectivity index (χ0) is 19.8. The van der Waals surface area contributed by atoms with E-state index in [9.17, 15) is 4.39 Å². The fraction of sp³-hybridized carbons (Fsp3) is 0.304. The van der Waals surface area contributed by atoms with Crippen molar-refractivity contribution in [2.45, 2.75) is 43.8 Å². The first-order valence-electron chi connectivity index (χ1n) is 10.1. The first kappa shape index (κ1) is 18.3. The summed E-state index contributed by atoms with van der Waals surface area (Å²) in [7, 11) is 0. The van der Waals surface area contributed by atoms with Crippen molar-refractivity contribution in [1.82, 2.24) is 14.9 Å². The van der Waals surface area contributed by atoms with Crippen LogP contribution in [0.25, 0.3) is 0 Å². The van der Waals surface area contributed by atoms with Crippen molar-refractivity contribution < 1.29 is 4.39 Å². The van der Waals surface area contributed by atoms with Gasteiger partial charge in [-0.1, -0.05) is 18.9 Å². The van der Waals surface area contributed by atoms with Gasteiger partial charge in [-0.25, -0.2) is 4.39 Å². The van der Waals surface area contributed by atoms with E-state index in [1.165, 1.54) is 43.4 Å². The van der Waals surface area contributed by atoms with Crippen LogP contribution in [0.5, 0.6) is 0 Å². The van der Waals surface area contributed by atoms with E-state index in [1.807, 2.05) is 18.2 Å². The molecule has 2 aliphatic rings. The van der Waals surface area contributed by atoms with Crippen molar-refractivity contribution in [1.29, 1.82) is 0 Å². The van der Waals surface area contributed by atoms with Crippen LogP contribution in [0.1, 0.15) is 55.1 Å². The summed E-state index contributed by atoms with van der Waals surface area (Å²) in [6.45, 7) is 0. The second kappa shape index (κ2) is 7.59. The summed E-state index contributed by atoms with van der Waals surface area (Å²) in [5.41, 5.74) is 3.00. The van der Waals surface area contributed by atoms with Crippen LogP contribution in [0.4, 0.5) is 10.1 Å². The Morgan fingerprint density at radius 3 is 2.55 bits per heavy atom. The average Bonchev–Trinajstić information content (AvgIpc) is 3.49. The van der Waals surface area contributed by atoms with E-state index in [2.05, 4.69) is 38.2 Å². The van der Waals surface area contributed by atoms with Gasteiger partial charge in [0.2, 0.25) is 0 Å². The molecule has 2 fully saturated rings. The standard InChI is InChI=1S/C23H23FN4S/c24-17-8-10-19(11-9-17)28-22(16-12-14-27(15-16)18-5-1-2-6-18)21(26-23(28)29)20-7-3-4-13-25-20/h3-4,7-15,18,21-22H,1-2,5-6H2,(H,26,29)/t21-,22+/m0/s1. The Balaban J connectivity index is 1.56. The van der Waals surface area contributed by atoms with Crippen LogP contribution < -0.4 is 10.2 Å². The number of rotatable bonds is 4. The molecule has 3 heterocycles. The number of thiocarbonyl (C=S) groups is 1. The zero-order valence-corrected chi connectivity index (χ0v) is 16.9. The quantitative estimate of drug-likeness (QED) is 0.595. The molecule has 0 bridgehead atoms. The van der Waals surface area contributed by atoms with Crippen LogP contribution in [-0.4, -0.2) is 14.7 Å². The largest absolute Gasteiger partial charge is 0.351 e. The first-order chi connectivity index (χ1) is 14.2. The van der Waals surface area contributed by atoms with E-state index < -0.39 is 0 Å². The van der Waals surface area contributed by atoms with Gasteiger partial charge in [-0.05, 0) is 73.1 Å². The van der Waals surface area contributed by atoms with Crippen LogP contribution in [0.15, 0.2) is 67.1 Å². The average molecular weight is 407 g/mol. The molecule has 5 rings (SSSR count). The van der Waals surface area contributed by atoms with Gasteiger partial charge in [0, 0.05) is 30.3 Å². The second-order valence-electron chi connectivity index (χ2n) is 7.80. The summed E-state index contributed by atoms with van der Waals surface area (Å²) in [5, 5.41) is 4.08. The van der Waals surface area contributed by atoms with E-state index >= 15 is 0 Å². The summed E-state index contributed by atoms with van der Waals surface area (Å²) >= 11 is 5.71. The third-order valence-electron chi connectivity index (χ3n) is 6.03. The molecule has 1 N–H and O–H groups in total. The maximum atomic E-state index is 13.5. The highest BCUT2D eigenvalue weighted by atomic mass is 32.1. The lowest BCUT2D eigenvalue weighted by Gasteiger charge is -2.27. The number of halogens is 1. The third kappa shape index (κ3) is 3.42. The fourth-order valence-corrected chi connectivity index (χ4v) is 4.95. The highest BCUT2D eigenvalue weighted by molar-refractivity contribution is 7.80. The lowest BCUT2D eigenvalue weighted by atomic mass is 9.98. The number of pyridine rings is 1. The van der Waals surface area contributed by atoms with Gasteiger partial charge in [0.1, 0.15) is 5.82 Å². The van der Waals surface area contributed by atoms with E-state index in [4.69, 9.17) is 12.2 Å². The molecular weight excluding hydrogens is 383 g/mol. The number of nitrogens with one attached hydrogen (secondary N) is 1. The predicted octanol–water partition coefficient (Wildman–Crippen LogP) is 5.31. The van der Waals surface area contributed by atoms with Crippen molar-refractivity contribution in [3.8, 4) is 0 Å². The number of benzene rings is 1. The summed E-state index contributed by atoms with van der Waals surface area (Å²) in [6.07, 6.45) is 11.3. The molecule has 0 spiro atoms. The summed E-state index contributed by atoms with van der Waals surface area (Å²) in [5.74, 6) is -0.253. The van der Waals surface area contributed by atoms with Crippen molar-refractivity contribution in [3.63, 3.8) is 0 Å². The molecule has 6 heteroatoms. The Labute approximate surface area is 175 Å². The van der Waals surface area contributed by atoms with Crippen molar-refractivity contribution in [2.24, 2.45) is 0 Å². The van der Waals surface area contributed by atoms with Crippen LogP contribution in [0.3, 0.4) is 0 Å². The molecule has 4 nitrogen and oxygen atoms in total. The topological polar surface area (TPSA) is 33.1 Å². The zero-order valence-electron chi connectivity index (χ0n) is 16.0. The number of hydrogen-bond donors (Lipinski definition) is 1. The summed E-state index contributed by atoms with van der Waals surface area (Å²) < 4.78 is 15.9. The molecule has 0 amide bonds. The second-order valence-corrected chi connectivity index (χ2v) is 8.19. The molecule has 29 heavy (non-hydrogen) atoms. The van der Waals surface area contributed by atoms with Gasteiger partial charge in [0.05, 0.1) is 17.8 Å². The molecule has 1 aliphatic heterocycles. The molecular formula is C23H23FN4S. The van der Waals surface area contributed by atoms with E-state index in [0.717, 1.165) is 11.4 Å². The van der Waals surface area contributed by atoms with Crippen molar-refractivity contribution in [3.05, 3.63) is 84.2 Å². The van der Waals surface area contributed by atoms with Gasteiger partial charge in [0.15, 0.2) is 5.11 Å². The van der Waals surface area contributed by atoms with Crippen LogP contribution in [0, 0.1) is 5.82 Å². The van der Waals surface area contributed by atoms with Gasteiger partial charge in [0.25, 0.3) is 0 Å². The number of hydrogen-bond acceptors (Lipinski definition) is 2. The van der Waals surface area contributed by atoms with Gasteiger partial charge in [-0.3, -0.25) is 4.98 Å². The van der Waals surface area contributed by atoms with E-state index in [-0.39, 0.29) is 17.9 Å². The molecule has 2 atom stereocenters. The fourth-order valence-electron chi connectivity index (χ4n) is 4.61. The van der Waals surface area contributed by atoms with Crippen molar-refractivity contribution >= 4 is 23.0 Å². The van der Waals surface area contributed by atoms with Gasteiger partial charge in [-0.15, -0.1) is 0 Å². The molecule has 0 radical (unpaired) electrons. The molecule has 0 unspecified atom stereocenters. The van der Waals surface area contributed by atoms with Gasteiger partial charge < -0.3 is 14.8 Å². The summed E-state index contributed by atoms with van der Waals surface area (Å²) in [6, 6.07) is 15.1. The number of anilines is 1. The molecule has 2 aromatic heterocycles. The maximum Gasteiger partial charge on any atom is 0.174 e. The summed E-state index contributed by atoms with van der Waals surface area (Å²) in [4.78, 5) is 6.67. The highest BCUT2D eigenvalue weighted by Gasteiger charge is 2.41. The smallest absolute Gasteiger partial charge is 0.174 e. The number of nitrogens with zero attached hydrogens (tertiary/aromatic N) is 3. The van der Waals surface area contributed by atoms with Gasteiger partial charge in [-0.2, -0.15) is 0 Å². The minimum absolute atomic E-state index is 0.0504. The van der Waals surface area contributed by atoms with E-state index in [0.29, 0.717) is 11.2 Å². The molecule has 1 saturated heterocycles. The molecule has 1 aromatic carbocycles. The lowest BCUT2D eigenvalue weighted by Crippen LogP contribution is -2.29. The van der Waals surface area contributed by atoms with Crippen LogP contribution in [0.2, 0.25) is 0 Å². The van der Waals surface area contributed by atoms with Crippen LogP contribution in [-0.2, 0) is 0 Å². The number of aromatic nitrogens is 2. The Hall–Kier alpha value is -2.73. The molecule has 148 valence electrons. The Bertz CT molecular complexity index is 995. The monoisotopic (exact) mass is 406 g/mol. The third-order valence-corrected chi connectivity index (χ3v) is 6.34. The molecule has 3 aromatic rings. The maximum absolute atomic E-state index is 13.5. The Kier molecular flexibility index (Phi) is 4.79. The Morgan fingerprint density at radius 2 is 1.83 bits per heavy atom. The molecule has 1 saturated carbocycles. The highest BCUT2D eigenvalue weighted by Crippen LogP contribution is 2.42. The lowest BCUT2D eigenvalue weighted by molar-refractivity contribution is 0.515. The minimum Gasteiger partial charge on any atom is -0.351 e. The van der Waals surface area contributed by atoms with E-state index in [1.54, 1.807) is 18.3 Å². The van der Waals surface area contributed by atoms with Crippen LogP contribution >= 0.6 is 12.2 Å². The normalized spacial score (nSPS) is 22.2.